The molecule has 1 aromatic rings. The molecule has 2 N–H and O–H groups in total. The van der Waals surface area contributed by atoms with Gasteiger partial charge in [0.2, 0.25) is 0 Å². The summed E-state index contributed by atoms with van der Waals surface area (Å²) in [5.41, 5.74) is -8.80. The second-order valence-electron chi connectivity index (χ2n) is 6.17. The summed E-state index contributed by atoms with van der Waals surface area (Å²) in [6, 6.07) is 1.17. The van der Waals surface area contributed by atoms with Crippen molar-refractivity contribution in [2.75, 3.05) is 36.5 Å². The minimum Gasteiger partial charge on any atom is -0.481 e. The van der Waals surface area contributed by atoms with E-state index in [4.69, 9.17) is 5.11 Å². The molecular formula is C15H16BrF3N4O10S. The molecule has 0 saturated heterocycles. The van der Waals surface area contributed by atoms with Gasteiger partial charge in [0.1, 0.15) is 5.69 Å². The number of nitro benzene ring substituents is 2. The van der Waals surface area contributed by atoms with Gasteiger partial charge in [0.25, 0.3) is 17.3 Å². The van der Waals surface area contributed by atoms with Crippen LogP contribution in [0.15, 0.2) is 12.1 Å². The van der Waals surface area contributed by atoms with Crippen LogP contribution in [0.4, 0.5) is 30.2 Å². The quantitative estimate of drug-likeness (QED) is 0.113. The third kappa shape index (κ3) is 7.76. The number of amides is 1. The van der Waals surface area contributed by atoms with Crippen molar-refractivity contribution >= 4 is 55.0 Å². The fourth-order valence-electron chi connectivity index (χ4n) is 2.49. The zero-order chi connectivity index (χ0) is 26.3. The molecule has 0 atom stereocenters. The van der Waals surface area contributed by atoms with E-state index < -0.39 is 86.1 Å². The summed E-state index contributed by atoms with van der Waals surface area (Å²) in [6.45, 7) is -2.53. The van der Waals surface area contributed by atoms with Gasteiger partial charge in [-0.15, -0.1) is 0 Å². The number of nitrogens with one attached hydrogen (secondary N) is 1. The number of nitro groups is 2. The maximum absolute atomic E-state index is 12.6. The van der Waals surface area contributed by atoms with Gasteiger partial charge in [-0.25, -0.2) is 0 Å². The number of hydrogen-bond acceptors (Lipinski definition) is 10. The van der Waals surface area contributed by atoms with E-state index in [-0.39, 0.29) is 11.9 Å². The molecule has 0 aliphatic heterocycles. The first-order valence-corrected chi connectivity index (χ1v) is 11.4. The SMILES string of the molecule is O=C(O)CCNC(=O)c1cc([N+](=O)[O-])cc([N+](=O)[O-])c1N(CCBr)CCOS(=O)(=O)C(F)(F)F. The molecule has 0 aliphatic rings. The first-order valence-electron chi connectivity index (χ1n) is 8.85. The number of carboxylic acid groups (broad SMARTS) is 1. The first kappa shape index (κ1) is 29.0. The number of carboxylic acids is 1. The summed E-state index contributed by atoms with van der Waals surface area (Å²) in [5.74, 6) is -2.44. The predicted octanol–water partition coefficient (Wildman–Crippen LogP) is 1.78. The number of hydrogen-bond donors (Lipinski definition) is 2. The number of alkyl halides is 4. The number of aliphatic carboxylic acids is 1. The van der Waals surface area contributed by atoms with E-state index in [0.29, 0.717) is 12.1 Å². The average Bonchev–Trinajstić information content (AvgIpc) is 2.70. The molecule has 14 nitrogen and oxygen atoms in total. The number of benzene rings is 1. The van der Waals surface area contributed by atoms with Crippen molar-refractivity contribution in [1.29, 1.82) is 0 Å². The summed E-state index contributed by atoms with van der Waals surface area (Å²) in [6.07, 6.45) is -0.549. The standard InChI is InChI=1S/C15H16BrF3N4O10S/c16-2-4-21(5-6-33-34(31,32)15(17,18)19)13-10(14(26)20-3-1-12(24)25)7-9(22(27)28)8-11(13)23(29)30/h7-8H,1-6H2,(H,20,26)(H,24,25). The van der Waals surface area contributed by atoms with Gasteiger partial charge in [-0.2, -0.15) is 21.6 Å². The van der Waals surface area contributed by atoms with Crippen molar-refractivity contribution in [3.05, 3.63) is 37.9 Å². The van der Waals surface area contributed by atoms with Gasteiger partial charge >= 0.3 is 21.6 Å². The molecule has 0 saturated carbocycles. The van der Waals surface area contributed by atoms with E-state index >= 15 is 0 Å². The second kappa shape index (κ2) is 11.9. The Balaban J connectivity index is 3.50. The Labute approximate surface area is 197 Å². The molecule has 0 unspecified atom stereocenters. The number of nitrogens with zero attached hydrogens (tertiary/aromatic N) is 3. The van der Waals surface area contributed by atoms with Crippen LogP contribution in [0.1, 0.15) is 16.8 Å². The van der Waals surface area contributed by atoms with Crippen LogP contribution in [-0.2, 0) is 19.1 Å². The van der Waals surface area contributed by atoms with Gasteiger partial charge in [0.15, 0.2) is 0 Å². The van der Waals surface area contributed by atoms with Crippen LogP contribution in [-0.4, -0.2) is 72.3 Å². The molecule has 0 bridgehead atoms. The van der Waals surface area contributed by atoms with E-state index in [2.05, 4.69) is 25.4 Å². The molecule has 0 heterocycles. The van der Waals surface area contributed by atoms with Crippen LogP contribution < -0.4 is 10.2 Å². The third-order valence-electron chi connectivity index (χ3n) is 3.90. The maximum atomic E-state index is 12.6. The summed E-state index contributed by atoms with van der Waals surface area (Å²) >= 11 is 3.00. The first-order chi connectivity index (χ1) is 15.6. The van der Waals surface area contributed by atoms with Gasteiger partial charge in [0, 0.05) is 31.0 Å². The Morgan fingerprint density at radius 2 is 1.79 bits per heavy atom. The molecule has 19 heteroatoms. The minimum absolute atomic E-state index is 0.0211. The molecule has 0 radical (unpaired) electrons. The zero-order valence-electron chi connectivity index (χ0n) is 16.8. The van der Waals surface area contributed by atoms with Gasteiger partial charge in [-0.3, -0.25) is 34.0 Å². The van der Waals surface area contributed by atoms with E-state index in [1.165, 1.54) is 0 Å². The van der Waals surface area contributed by atoms with E-state index in [9.17, 15) is 51.4 Å². The van der Waals surface area contributed by atoms with E-state index in [1.807, 2.05) is 0 Å². The maximum Gasteiger partial charge on any atom is 0.523 e. The third-order valence-corrected chi connectivity index (χ3v) is 5.30. The van der Waals surface area contributed by atoms with Crippen molar-refractivity contribution in [1.82, 2.24) is 5.32 Å². The summed E-state index contributed by atoms with van der Waals surface area (Å²) in [7, 11) is -5.98. The molecule has 0 fully saturated rings. The molecule has 1 aromatic carbocycles. The van der Waals surface area contributed by atoms with Crippen LogP contribution in [0.2, 0.25) is 0 Å². The van der Waals surface area contributed by atoms with Crippen LogP contribution in [0.3, 0.4) is 0 Å². The van der Waals surface area contributed by atoms with Gasteiger partial charge in [-0.05, 0) is 0 Å². The number of carbonyl (C=O) groups is 2. The molecule has 0 spiro atoms. The highest BCUT2D eigenvalue weighted by Gasteiger charge is 2.47. The minimum atomic E-state index is -5.98. The Morgan fingerprint density at radius 3 is 2.26 bits per heavy atom. The van der Waals surface area contributed by atoms with Crippen molar-refractivity contribution in [3.8, 4) is 0 Å². The van der Waals surface area contributed by atoms with Crippen LogP contribution >= 0.6 is 15.9 Å². The lowest BCUT2D eigenvalue weighted by Crippen LogP contribution is -2.35. The summed E-state index contributed by atoms with van der Waals surface area (Å²) in [5, 5.41) is 33.6. The largest absolute Gasteiger partial charge is 0.523 e. The number of non-ortho nitro benzene ring substituents is 1. The lowest BCUT2D eigenvalue weighted by Gasteiger charge is -2.25. The summed E-state index contributed by atoms with van der Waals surface area (Å²) < 4.78 is 63.5. The number of anilines is 1. The number of carbonyl (C=O) groups excluding carboxylic acids is 1. The Hall–Kier alpha value is -3.06. The highest BCUT2D eigenvalue weighted by molar-refractivity contribution is 9.09. The molecule has 34 heavy (non-hydrogen) atoms. The smallest absolute Gasteiger partial charge is 0.481 e. The lowest BCUT2D eigenvalue weighted by molar-refractivity contribution is -0.393. The topological polar surface area (TPSA) is 199 Å². The summed E-state index contributed by atoms with van der Waals surface area (Å²) in [4.78, 5) is 44.9. The van der Waals surface area contributed by atoms with Crippen molar-refractivity contribution in [2.45, 2.75) is 11.9 Å². The predicted molar refractivity (Wildman–Crippen MR) is 111 cm³/mol. The molecular weight excluding hydrogens is 565 g/mol. The van der Waals surface area contributed by atoms with Crippen molar-refractivity contribution < 1.29 is 50.3 Å². The van der Waals surface area contributed by atoms with Crippen LogP contribution in [0.5, 0.6) is 0 Å². The van der Waals surface area contributed by atoms with Gasteiger partial charge < -0.3 is 15.3 Å². The highest BCUT2D eigenvalue weighted by Crippen LogP contribution is 2.36. The normalized spacial score (nSPS) is 11.6. The van der Waals surface area contributed by atoms with Crippen LogP contribution in [0, 0.1) is 20.2 Å². The average molecular weight is 581 g/mol. The van der Waals surface area contributed by atoms with E-state index in [0.717, 1.165) is 4.90 Å². The Kier molecular flexibility index (Phi) is 10.1. The van der Waals surface area contributed by atoms with Gasteiger partial charge in [0.05, 0.1) is 34.5 Å². The monoisotopic (exact) mass is 580 g/mol. The van der Waals surface area contributed by atoms with Gasteiger partial charge in [-0.1, -0.05) is 15.9 Å². The molecule has 0 aromatic heterocycles. The molecule has 1 amide bonds. The second-order valence-corrected chi connectivity index (χ2v) is 8.57. The Morgan fingerprint density at radius 1 is 1.18 bits per heavy atom. The zero-order valence-corrected chi connectivity index (χ0v) is 19.2. The lowest BCUT2D eigenvalue weighted by atomic mass is 10.1. The molecule has 0 aliphatic carbocycles. The highest BCUT2D eigenvalue weighted by atomic mass is 79.9. The number of rotatable bonds is 13. The van der Waals surface area contributed by atoms with E-state index in [1.54, 1.807) is 0 Å². The fraction of sp³-hybridized carbons (Fsp3) is 0.467. The Bertz CT molecular complexity index is 1070. The van der Waals surface area contributed by atoms with Crippen molar-refractivity contribution in [2.24, 2.45) is 0 Å². The van der Waals surface area contributed by atoms with Crippen LogP contribution in [0.25, 0.3) is 0 Å². The number of halogens is 4. The molecule has 1 rings (SSSR count). The fourth-order valence-corrected chi connectivity index (χ4v) is 3.35. The molecule has 190 valence electrons. The van der Waals surface area contributed by atoms with Crippen molar-refractivity contribution in [3.63, 3.8) is 0 Å².